The first-order valence-electron chi connectivity index (χ1n) is 9.90. The molecule has 0 bridgehead atoms. The van der Waals surface area contributed by atoms with Crippen molar-refractivity contribution >= 4 is 21.5 Å². The lowest BCUT2D eigenvalue weighted by atomic mass is 9.72. The average molecular weight is 387 g/mol. The van der Waals surface area contributed by atoms with E-state index in [1.54, 1.807) is 0 Å². The lowest BCUT2D eigenvalue weighted by Crippen LogP contribution is -2.21. The lowest BCUT2D eigenvalue weighted by molar-refractivity contribution is 0.219. The van der Waals surface area contributed by atoms with Crippen molar-refractivity contribution in [2.75, 3.05) is 0 Å². The van der Waals surface area contributed by atoms with Crippen LogP contribution in [0, 0.1) is 17.8 Å². The van der Waals surface area contributed by atoms with E-state index in [4.69, 9.17) is 0 Å². The third kappa shape index (κ3) is 4.85. The standard InChI is InChI=1S/C23H31Br/c1-2-3-4-5-18-6-8-19(9-7-18)20-10-12-21(13-11-20)22-14-16-23(24)17-15-22/h10,12-20H,2-9,11H2,1H3/t18-,19-,20?. The second-order valence-corrected chi connectivity index (χ2v) is 8.62. The van der Waals surface area contributed by atoms with Gasteiger partial charge in [0.05, 0.1) is 0 Å². The van der Waals surface area contributed by atoms with Crippen LogP contribution in [0.15, 0.2) is 47.0 Å². The number of hydrogen-bond donors (Lipinski definition) is 0. The molecule has 0 radical (unpaired) electrons. The fourth-order valence-electron chi connectivity index (χ4n) is 4.43. The van der Waals surface area contributed by atoms with Crippen molar-refractivity contribution in [3.8, 4) is 0 Å². The van der Waals surface area contributed by atoms with E-state index in [1.807, 2.05) is 0 Å². The summed E-state index contributed by atoms with van der Waals surface area (Å²) in [6.07, 6.45) is 20.1. The van der Waals surface area contributed by atoms with E-state index in [9.17, 15) is 0 Å². The Bertz CT molecular complexity index is 558. The van der Waals surface area contributed by atoms with Gasteiger partial charge in [-0.1, -0.05) is 91.7 Å². The van der Waals surface area contributed by atoms with Gasteiger partial charge in [0.25, 0.3) is 0 Å². The molecule has 0 amide bonds. The Labute approximate surface area is 156 Å². The fourth-order valence-corrected chi connectivity index (χ4v) is 4.70. The SMILES string of the molecule is CCCCC[C@H]1CC[C@H](C2C=CC(c3ccc(Br)cc3)=CC2)CC1. The minimum absolute atomic E-state index is 0.779. The number of hydrogen-bond acceptors (Lipinski definition) is 0. The average Bonchev–Trinajstić information content (AvgIpc) is 2.63. The van der Waals surface area contributed by atoms with Crippen LogP contribution >= 0.6 is 15.9 Å². The van der Waals surface area contributed by atoms with Crippen molar-refractivity contribution in [2.45, 2.75) is 64.7 Å². The molecule has 1 saturated carbocycles. The van der Waals surface area contributed by atoms with Gasteiger partial charge < -0.3 is 0 Å². The van der Waals surface area contributed by atoms with Gasteiger partial charge in [0.2, 0.25) is 0 Å². The molecule has 1 unspecified atom stereocenters. The van der Waals surface area contributed by atoms with Crippen molar-refractivity contribution < 1.29 is 0 Å². The first-order chi connectivity index (χ1) is 11.8. The zero-order valence-electron chi connectivity index (χ0n) is 15.0. The first-order valence-corrected chi connectivity index (χ1v) is 10.7. The van der Waals surface area contributed by atoms with Crippen molar-refractivity contribution in [1.82, 2.24) is 0 Å². The molecule has 0 aromatic heterocycles. The molecule has 0 spiro atoms. The maximum Gasteiger partial charge on any atom is 0.0175 e. The summed E-state index contributed by atoms with van der Waals surface area (Å²) in [5, 5.41) is 0. The van der Waals surface area contributed by atoms with Gasteiger partial charge >= 0.3 is 0 Å². The van der Waals surface area contributed by atoms with Gasteiger partial charge in [-0.05, 0) is 60.3 Å². The highest BCUT2D eigenvalue weighted by Crippen LogP contribution is 2.39. The van der Waals surface area contributed by atoms with Gasteiger partial charge in [-0.3, -0.25) is 0 Å². The van der Waals surface area contributed by atoms with Gasteiger partial charge in [0.15, 0.2) is 0 Å². The summed E-state index contributed by atoms with van der Waals surface area (Å²) in [6, 6.07) is 8.69. The van der Waals surface area contributed by atoms with Crippen molar-refractivity contribution in [3.63, 3.8) is 0 Å². The molecule has 3 rings (SSSR count). The molecule has 2 aliphatic rings. The molecule has 0 N–H and O–H groups in total. The summed E-state index contributed by atoms with van der Waals surface area (Å²) in [6.45, 7) is 2.31. The van der Waals surface area contributed by atoms with E-state index in [-0.39, 0.29) is 0 Å². The van der Waals surface area contributed by atoms with Gasteiger partial charge in [0.1, 0.15) is 0 Å². The Hall–Kier alpha value is -0.820. The number of allylic oxidation sites excluding steroid dienone is 4. The molecule has 1 heteroatoms. The van der Waals surface area contributed by atoms with Crippen LogP contribution in [-0.4, -0.2) is 0 Å². The summed E-state index contributed by atoms with van der Waals surface area (Å²) >= 11 is 3.52. The Morgan fingerprint density at radius 1 is 1.00 bits per heavy atom. The molecule has 130 valence electrons. The number of unbranched alkanes of at least 4 members (excludes halogenated alkanes) is 2. The molecule has 0 aliphatic heterocycles. The summed E-state index contributed by atoms with van der Waals surface area (Å²) in [5.41, 5.74) is 2.74. The second-order valence-electron chi connectivity index (χ2n) is 7.70. The van der Waals surface area contributed by atoms with Crippen LogP contribution in [0.4, 0.5) is 0 Å². The number of halogens is 1. The van der Waals surface area contributed by atoms with E-state index in [0.717, 1.165) is 22.2 Å². The molecule has 1 fully saturated rings. The van der Waals surface area contributed by atoms with Gasteiger partial charge in [0, 0.05) is 4.47 Å². The van der Waals surface area contributed by atoms with Crippen molar-refractivity contribution in [2.24, 2.45) is 17.8 Å². The topological polar surface area (TPSA) is 0 Å². The molecule has 1 aromatic rings. The highest BCUT2D eigenvalue weighted by Gasteiger charge is 2.26. The van der Waals surface area contributed by atoms with Crippen LogP contribution in [-0.2, 0) is 0 Å². The molecular weight excluding hydrogens is 356 g/mol. The molecule has 0 nitrogen and oxygen atoms in total. The van der Waals surface area contributed by atoms with Crippen LogP contribution in [0.2, 0.25) is 0 Å². The van der Waals surface area contributed by atoms with E-state index in [0.29, 0.717) is 0 Å². The summed E-state index contributed by atoms with van der Waals surface area (Å²) < 4.78 is 1.15. The fraction of sp³-hybridized carbons (Fsp3) is 0.565. The van der Waals surface area contributed by atoms with E-state index < -0.39 is 0 Å². The van der Waals surface area contributed by atoms with Crippen LogP contribution < -0.4 is 0 Å². The predicted octanol–water partition coefficient (Wildman–Crippen LogP) is 7.80. The quantitative estimate of drug-likeness (QED) is 0.437. The minimum atomic E-state index is 0.779. The Morgan fingerprint density at radius 2 is 1.75 bits per heavy atom. The van der Waals surface area contributed by atoms with Gasteiger partial charge in [-0.2, -0.15) is 0 Å². The van der Waals surface area contributed by atoms with Crippen LogP contribution in [0.3, 0.4) is 0 Å². The zero-order valence-corrected chi connectivity index (χ0v) is 16.6. The number of benzene rings is 1. The maximum absolute atomic E-state index is 3.52. The summed E-state index contributed by atoms with van der Waals surface area (Å²) in [7, 11) is 0. The van der Waals surface area contributed by atoms with Crippen LogP contribution in [0.5, 0.6) is 0 Å². The van der Waals surface area contributed by atoms with Crippen LogP contribution in [0.1, 0.15) is 70.3 Å². The molecule has 24 heavy (non-hydrogen) atoms. The van der Waals surface area contributed by atoms with Crippen molar-refractivity contribution in [3.05, 3.63) is 52.5 Å². The van der Waals surface area contributed by atoms with Gasteiger partial charge in [-0.15, -0.1) is 0 Å². The molecule has 0 saturated heterocycles. The Kier molecular flexibility index (Phi) is 6.77. The third-order valence-corrected chi connectivity index (χ3v) is 6.55. The smallest absolute Gasteiger partial charge is 0.0175 e. The van der Waals surface area contributed by atoms with Crippen molar-refractivity contribution in [1.29, 1.82) is 0 Å². The predicted molar refractivity (Wildman–Crippen MR) is 109 cm³/mol. The molecule has 1 atom stereocenters. The second kappa shape index (κ2) is 9.04. The molecule has 1 aromatic carbocycles. The largest absolute Gasteiger partial charge is 0.0802 e. The summed E-state index contributed by atoms with van der Waals surface area (Å²) in [5.74, 6) is 2.72. The molecular formula is C23H31Br. The minimum Gasteiger partial charge on any atom is -0.0802 e. The van der Waals surface area contributed by atoms with E-state index in [1.165, 1.54) is 68.9 Å². The van der Waals surface area contributed by atoms with E-state index >= 15 is 0 Å². The Balaban J connectivity index is 1.47. The highest BCUT2D eigenvalue weighted by molar-refractivity contribution is 9.10. The third-order valence-electron chi connectivity index (χ3n) is 6.02. The summed E-state index contributed by atoms with van der Waals surface area (Å²) in [4.78, 5) is 0. The molecule has 0 heterocycles. The number of rotatable bonds is 6. The highest BCUT2D eigenvalue weighted by atomic mass is 79.9. The molecule has 2 aliphatic carbocycles. The van der Waals surface area contributed by atoms with Gasteiger partial charge in [-0.25, -0.2) is 0 Å². The Morgan fingerprint density at radius 3 is 2.38 bits per heavy atom. The lowest BCUT2D eigenvalue weighted by Gasteiger charge is -2.33. The first kappa shape index (κ1) is 18.0. The monoisotopic (exact) mass is 386 g/mol. The zero-order chi connectivity index (χ0) is 16.8. The van der Waals surface area contributed by atoms with Crippen LogP contribution in [0.25, 0.3) is 5.57 Å². The normalized spacial score (nSPS) is 27.1. The maximum atomic E-state index is 3.52. The van der Waals surface area contributed by atoms with E-state index in [2.05, 4.69) is 65.3 Å².